The number of hydrogen-bond acceptors (Lipinski definition) is 2. The number of benzene rings is 2. The van der Waals surface area contributed by atoms with E-state index in [2.05, 4.69) is 0 Å². The maximum atomic E-state index is 13.6. The number of methoxy groups -OCH3 is 1. The van der Waals surface area contributed by atoms with Gasteiger partial charge in [0.25, 0.3) is 0 Å². The maximum Gasteiger partial charge on any atom is 0.416 e. The van der Waals surface area contributed by atoms with Crippen molar-refractivity contribution in [2.75, 3.05) is 7.11 Å². The predicted octanol–water partition coefficient (Wildman–Crippen LogP) is 4.48. The summed E-state index contributed by atoms with van der Waals surface area (Å²) in [5.41, 5.74) is 0.828. The van der Waals surface area contributed by atoms with Crippen LogP contribution in [0.25, 0.3) is 0 Å². The van der Waals surface area contributed by atoms with Crippen LogP contribution in [0, 0.1) is 0 Å². The Labute approximate surface area is 133 Å². The Morgan fingerprint density at radius 2 is 1.08 bits per heavy atom. The third-order valence-electron chi connectivity index (χ3n) is 3.66. The van der Waals surface area contributed by atoms with Gasteiger partial charge in [-0.1, -0.05) is 24.3 Å². The van der Waals surface area contributed by atoms with E-state index in [9.17, 15) is 26.3 Å². The van der Waals surface area contributed by atoms with E-state index in [4.69, 9.17) is 10.5 Å². The summed E-state index contributed by atoms with van der Waals surface area (Å²) in [7, 11) is 1.35. The number of halogens is 6. The van der Waals surface area contributed by atoms with Crippen LogP contribution in [-0.2, 0) is 11.7 Å². The van der Waals surface area contributed by atoms with E-state index in [1.165, 1.54) is 19.2 Å². The van der Waals surface area contributed by atoms with Gasteiger partial charge < -0.3 is 10.5 Å². The van der Waals surface area contributed by atoms with Crippen LogP contribution in [0.3, 0.4) is 0 Å². The number of rotatable bonds is 3. The van der Waals surface area contributed by atoms with Crippen molar-refractivity contribution >= 4 is 0 Å². The Morgan fingerprint density at radius 1 is 0.708 bits per heavy atom. The van der Waals surface area contributed by atoms with Crippen LogP contribution < -0.4 is 10.5 Å². The normalized spacial score (nSPS) is 15.0. The summed E-state index contributed by atoms with van der Waals surface area (Å²) in [6.45, 7) is 0. The number of alkyl halides is 6. The Balaban J connectivity index is 2.56. The van der Waals surface area contributed by atoms with Gasteiger partial charge in [0.2, 0.25) is 0 Å². The van der Waals surface area contributed by atoms with Crippen molar-refractivity contribution in [3.63, 3.8) is 0 Å². The summed E-state index contributed by atoms with van der Waals surface area (Å²) in [6.07, 6.45) is -9.56. The maximum absolute atomic E-state index is 13.6. The Kier molecular flexibility index (Phi) is 4.54. The third-order valence-corrected chi connectivity index (χ3v) is 3.66. The number of ether oxygens (including phenoxy) is 1. The molecule has 0 saturated heterocycles. The lowest BCUT2D eigenvalue weighted by molar-refractivity contribution is -0.176. The van der Waals surface area contributed by atoms with Crippen LogP contribution in [0.5, 0.6) is 5.75 Å². The van der Waals surface area contributed by atoms with Crippen molar-refractivity contribution in [2.45, 2.75) is 17.9 Å². The smallest absolute Gasteiger partial charge is 0.416 e. The molecule has 0 aliphatic heterocycles. The van der Waals surface area contributed by atoms with Gasteiger partial charge in [-0.3, -0.25) is 0 Å². The average Bonchev–Trinajstić information content (AvgIpc) is 2.52. The number of hydrogen-bond donors (Lipinski definition) is 1. The molecule has 2 nitrogen and oxygen atoms in total. The van der Waals surface area contributed by atoms with Gasteiger partial charge in [-0.2, -0.15) is 26.3 Å². The second-order valence-electron chi connectivity index (χ2n) is 5.11. The molecule has 130 valence electrons. The van der Waals surface area contributed by atoms with Crippen LogP contribution in [0.2, 0.25) is 0 Å². The highest BCUT2D eigenvalue weighted by atomic mass is 19.4. The largest absolute Gasteiger partial charge is 0.497 e. The van der Waals surface area contributed by atoms with Crippen LogP contribution in [-0.4, -0.2) is 13.3 Å². The van der Waals surface area contributed by atoms with Gasteiger partial charge in [0, 0.05) is 0 Å². The monoisotopic (exact) mass is 349 g/mol. The Morgan fingerprint density at radius 3 is 1.42 bits per heavy atom. The fourth-order valence-electron chi connectivity index (χ4n) is 2.27. The lowest BCUT2D eigenvalue weighted by Crippen LogP contribution is -2.51. The van der Waals surface area contributed by atoms with Gasteiger partial charge in [-0.25, -0.2) is 0 Å². The first-order chi connectivity index (χ1) is 11.0. The SMILES string of the molecule is COc1ccc(C(N)(c2ccc(C(F)(F)F)cc2)C(F)(F)F)cc1. The quantitative estimate of drug-likeness (QED) is 0.830. The van der Waals surface area contributed by atoms with Crippen molar-refractivity contribution in [3.8, 4) is 5.75 Å². The molecule has 1 atom stereocenters. The van der Waals surface area contributed by atoms with Gasteiger partial charge >= 0.3 is 12.4 Å². The molecule has 1 unspecified atom stereocenters. The molecule has 0 aromatic heterocycles. The molecule has 0 fully saturated rings. The standard InChI is InChI=1S/C16H13F6NO/c1-24-13-8-6-11(7-9-13)14(23,16(20,21)22)10-2-4-12(5-3-10)15(17,18)19/h2-9H,23H2,1H3. The topological polar surface area (TPSA) is 35.2 Å². The van der Waals surface area contributed by atoms with Crippen LogP contribution >= 0.6 is 0 Å². The summed E-state index contributed by atoms with van der Waals surface area (Å²) in [5.74, 6) is 0.329. The van der Waals surface area contributed by atoms with Gasteiger partial charge in [-0.05, 0) is 35.4 Å². The summed E-state index contributed by atoms with van der Waals surface area (Å²) in [5, 5.41) is 0. The zero-order valence-corrected chi connectivity index (χ0v) is 12.4. The summed E-state index contributed by atoms with van der Waals surface area (Å²) >= 11 is 0. The molecule has 0 radical (unpaired) electrons. The van der Waals surface area contributed by atoms with E-state index in [0.717, 1.165) is 24.3 Å². The second kappa shape index (κ2) is 6.01. The van der Waals surface area contributed by atoms with Crippen molar-refractivity contribution < 1.29 is 31.1 Å². The van der Waals surface area contributed by atoms with E-state index in [0.29, 0.717) is 17.9 Å². The zero-order valence-electron chi connectivity index (χ0n) is 12.4. The molecule has 2 rings (SSSR count). The van der Waals surface area contributed by atoms with Crippen LogP contribution in [0.1, 0.15) is 16.7 Å². The Hall–Kier alpha value is -2.22. The van der Waals surface area contributed by atoms with Crippen molar-refractivity contribution in [1.29, 1.82) is 0 Å². The van der Waals surface area contributed by atoms with Gasteiger partial charge in [0.15, 0.2) is 5.54 Å². The fourth-order valence-corrected chi connectivity index (χ4v) is 2.27. The van der Waals surface area contributed by atoms with Crippen LogP contribution in [0.15, 0.2) is 48.5 Å². The van der Waals surface area contributed by atoms with Crippen LogP contribution in [0.4, 0.5) is 26.3 Å². The molecule has 0 aliphatic rings. The average molecular weight is 349 g/mol. The van der Waals surface area contributed by atoms with E-state index in [-0.39, 0.29) is 5.56 Å². The molecule has 2 aromatic rings. The minimum atomic E-state index is -4.92. The highest BCUT2D eigenvalue weighted by Gasteiger charge is 2.54. The van der Waals surface area contributed by atoms with Crippen molar-refractivity contribution in [2.24, 2.45) is 5.73 Å². The third kappa shape index (κ3) is 3.19. The molecule has 24 heavy (non-hydrogen) atoms. The van der Waals surface area contributed by atoms with Gasteiger partial charge in [-0.15, -0.1) is 0 Å². The molecule has 0 spiro atoms. The van der Waals surface area contributed by atoms with Crippen molar-refractivity contribution in [1.82, 2.24) is 0 Å². The molecule has 0 saturated carbocycles. The van der Waals surface area contributed by atoms with Gasteiger partial charge in [0.1, 0.15) is 5.75 Å². The van der Waals surface area contributed by atoms with Crippen molar-refractivity contribution in [3.05, 3.63) is 65.2 Å². The first-order valence-corrected chi connectivity index (χ1v) is 6.68. The molecule has 0 aliphatic carbocycles. The molecule has 2 N–H and O–H groups in total. The lowest BCUT2D eigenvalue weighted by Gasteiger charge is -2.33. The Bertz CT molecular complexity index is 690. The van der Waals surface area contributed by atoms with E-state index < -0.39 is 29.0 Å². The molecular weight excluding hydrogens is 336 g/mol. The van der Waals surface area contributed by atoms with E-state index in [1.54, 1.807) is 0 Å². The first-order valence-electron chi connectivity index (χ1n) is 6.68. The molecule has 0 amide bonds. The van der Waals surface area contributed by atoms with E-state index in [1.807, 2.05) is 0 Å². The molecule has 2 aromatic carbocycles. The second-order valence-corrected chi connectivity index (χ2v) is 5.11. The summed E-state index contributed by atoms with van der Waals surface area (Å²) < 4.78 is 83.5. The molecular formula is C16H13F6NO. The van der Waals surface area contributed by atoms with E-state index >= 15 is 0 Å². The molecule has 8 heteroatoms. The fraction of sp³-hybridized carbons (Fsp3) is 0.250. The zero-order chi connectivity index (χ0) is 18.2. The molecule has 0 bridgehead atoms. The highest BCUT2D eigenvalue weighted by Crippen LogP contribution is 2.43. The predicted molar refractivity (Wildman–Crippen MR) is 75.5 cm³/mol. The summed E-state index contributed by atoms with van der Waals surface area (Å²) in [4.78, 5) is 0. The lowest BCUT2D eigenvalue weighted by atomic mass is 9.82. The van der Waals surface area contributed by atoms with Gasteiger partial charge in [0.05, 0.1) is 12.7 Å². The molecule has 0 heterocycles. The first kappa shape index (κ1) is 18.1. The summed E-state index contributed by atoms with van der Waals surface area (Å²) in [6, 6.07) is 7.48. The highest BCUT2D eigenvalue weighted by molar-refractivity contribution is 5.43. The minimum absolute atomic E-state index is 0.310. The number of nitrogens with two attached hydrogens (primary N) is 1. The minimum Gasteiger partial charge on any atom is -0.497 e.